The molecule has 0 aromatic rings. The summed E-state index contributed by atoms with van der Waals surface area (Å²) in [6.07, 6.45) is 3.04. The van der Waals surface area contributed by atoms with Crippen LogP contribution in [0.2, 0.25) is 0 Å². The lowest BCUT2D eigenvalue weighted by atomic mass is 10.0. The number of hydrogen-bond donors (Lipinski definition) is 0. The Kier molecular flexibility index (Phi) is 7.10. The number of esters is 1. The summed E-state index contributed by atoms with van der Waals surface area (Å²) in [6, 6.07) is 0. The van der Waals surface area contributed by atoms with Crippen LogP contribution in [0.5, 0.6) is 0 Å². The first kappa shape index (κ1) is 15.6. The minimum Gasteiger partial charge on any atom is -0.460 e. The van der Waals surface area contributed by atoms with Crippen molar-refractivity contribution in [3.05, 3.63) is 12.7 Å². The summed E-state index contributed by atoms with van der Waals surface area (Å²) in [7, 11) is 0. The summed E-state index contributed by atoms with van der Waals surface area (Å²) in [6.45, 7) is 9.35. The molecular formula is C12H19NO4. The van der Waals surface area contributed by atoms with E-state index < -0.39 is 11.5 Å². The van der Waals surface area contributed by atoms with Crippen LogP contribution in [0.15, 0.2) is 17.6 Å². The molecule has 0 aliphatic heterocycles. The molecule has 17 heavy (non-hydrogen) atoms. The number of rotatable bonds is 8. The zero-order valence-electron chi connectivity index (χ0n) is 10.6. The Morgan fingerprint density at radius 1 is 1.59 bits per heavy atom. The Labute approximate surface area is 102 Å². The van der Waals surface area contributed by atoms with Gasteiger partial charge in [-0.1, -0.05) is 6.58 Å². The Morgan fingerprint density at radius 3 is 2.76 bits per heavy atom. The lowest BCUT2D eigenvalue weighted by Crippen LogP contribution is -2.23. The summed E-state index contributed by atoms with van der Waals surface area (Å²) in [5, 5.41) is 0. The molecule has 0 amide bonds. The summed E-state index contributed by atoms with van der Waals surface area (Å²) in [5.74, 6) is -0.466. The number of hydrogen-bond acceptors (Lipinski definition) is 5. The van der Waals surface area contributed by atoms with Gasteiger partial charge in [-0.15, -0.1) is 0 Å². The average Bonchev–Trinajstić information content (AvgIpc) is 2.25. The second kappa shape index (κ2) is 7.76. The van der Waals surface area contributed by atoms with Crippen molar-refractivity contribution in [3.8, 4) is 0 Å². The Balaban J connectivity index is 3.78. The van der Waals surface area contributed by atoms with Crippen molar-refractivity contribution in [1.29, 1.82) is 0 Å². The van der Waals surface area contributed by atoms with Gasteiger partial charge in [-0.05, 0) is 27.2 Å². The summed E-state index contributed by atoms with van der Waals surface area (Å²) in [4.78, 5) is 24.6. The molecule has 0 bridgehead atoms. The van der Waals surface area contributed by atoms with E-state index in [2.05, 4.69) is 11.6 Å². The van der Waals surface area contributed by atoms with Gasteiger partial charge in [-0.3, -0.25) is 0 Å². The first-order valence-corrected chi connectivity index (χ1v) is 5.41. The molecule has 0 saturated carbocycles. The lowest BCUT2D eigenvalue weighted by Gasteiger charge is -2.19. The lowest BCUT2D eigenvalue weighted by molar-refractivity contribution is -0.141. The van der Waals surface area contributed by atoms with Crippen molar-refractivity contribution in [2.24, 2.45) is 4.99 Å². The van der Waals surface area contributed by atoms with E-state index in [9.17, 15) is 9.59 Å². The topological polar surface area (TPSA) is 65.0 Å². The van der Waals surface area contributed by atoms with E-state index in [-0.39, 0.29) is 12.7 Å². The molecule has 0 saturated heterocycles. The first-order chi connectivity index (χ1) is 7.91. The third-order valence-electron chi connectivity index (χ3n) is 2.09. The van der Waals surface area contributed by atoms with Crippen LogP contribution < -0.4 is 0 Å². The maximum atomic E-state index is 10.8. The standard InChI is InChI=1S/C12H19NO4/c1-5-11(15)17-8-10(2)16-7-6-12(3,4)13-9-14/h5,10H,1,6-8H2,2-4H3. The molecule has 0 spiro atoms. The fourth-order valence-electron chi connectivity index (χ4n) is 0.996. The van der Waals surface area contributed by atoms with E-state index in [4.69, 9.17) is 9.47 Å². The third kappa shape index (κ3) is 8.37. The van der Waals surface area contributed by atoms with Gasteiger partial charge in [0.05, 0.1) is 11.6 Å². The van der Waals surface area contributed by atoms with Gasteiger partial charge in [0.1, 0.15) is 6.61 Å². The minimum atomic E-state index is -0.473. The van der Waals surface area contributed by atoms with Crippen LogP contribution in [0.25, 0.3) is 0 Å². The van der Waals surface area contributed by atoms with Crippen molar-refractivity contribution in [2.75, 3.05) is 13.2 Å². The van der Waals surface area contributed by atoms with Crippen LogP contribution >= 0.6 is 0 Å². The molecule has 0 heterocycles. The molecule has 0 rings (SSSR count). The highest BCUT2D eigenvalue weighted by Gasteiger charge is 2.16. The molecule has 1 atom stereocenters. The van der Waals surface area contributed by atoms with Gasteiger partial charge in [-0.2, -0.15) is 4.99 Å². The zero-order chi connectivity index (χ0) is 13.3. The highest BCUT2D eigenvalue weighted by Crippen LogP contribution is 2.13. The number of isocyanates is 1. The second-order valence-corrected chi connectivity index (χ2v) is 4.28. The molecule has 1 unspecified atom stereocenters. The van der Waals surface area contributed by atoms with Crippen LogP contribution in [0.4, 0.5) is 0 Å². The second-order valence-electron chi connectivity index (χ2n) is 4.28. The van der Waals surface area contributed by atoms with Crippen molar-refractivity contribution >= 4 is 12.0 Å². The fraction of sp³-hybridized carbons (Fsp3) is 0.667. The normalized spacial score (nSPS) is 12.4. The quantitative estimate of drug-likeness (QED) is 0.280. The minimum absolute atomic E-state index is 0.183. The van der Waals surface area contributed by atoms with Gasteiger partial charge in [0.2, 0.25) is 6.08 Å². The van der Waals surface area contributed by atoms with Gasteiger partial charge in [0.25, 0.3) is 0 Å². The van der Waals surface area contributed by atoms with E-state index in [0.29, 0.717) is 13.0 Å². The van der Waals surface area contributed by atoms with Gasteiger partial charge in [0.15, 0.2) is 0 Å². The van der Waals surface area contributed by atoms with Crippen molar-refractivity contribution < 1.29 is 19.1 Å². The number of ether oxygens (including phenoxy) is 2. The number of carbonyl (C=O) groups excluding carboxylic acids is 2. The van der Waals surface area contributed by atoms with E-state index in [0.717, 1.165) is 6.08 Å². The molecule has 0 aromatic heterocycles. The zero-order valence-corrected chi connectivity index (χ0v) is 10.6. The van der Waals surface area contributed by atoms with Crippen molar-refractivity contribution in [2.45, 2.75) is 38.8 Å². The van der Waals surface area contributed by atoms with Crippen LogP contribution in [0.3, 0.4) is 0 Å². The van der Waals surface area contributed by atoms with Crippen molar-refractivity contribution in [1.82, 2.24) is 0 Å². The van der Waals surface area contributed by atoms with Gasteiger partial charge < -0.3 is 9.47 Å². The number of aliphatic imine (C=N–C) groups is 1. The molecule has 0 N–H and O–H groups in total. The number of nitrogens with zero attached hydrogens (tertiary/aromatic N) is 1. The van der Waals surface area contributed by atoms with Gasteiger partial charge in [-0.25, -0.2) is 9.59 Å². The molecule has 5 nitrogen and oxygen atoms in total. The maximum absolute atomic E-state index is 10.8. The van der Waals surface area contributed by atoms with E-state index in [1.165, 1.54) is 6.08 Å². The molecular weight excluding hydrogens is 222 g/mol. The maximum Gasteiger partial charge on any atom is 0.330 e. The van der Waals surface area contributed by atoms with Crippen LogP contribution in [0, 0.1) is 0 Å². The predicted octanol–water partition coefficient (Wildman–Crippen LogP) is 1.63. The molecule has 0 fully saturated rings. The monoisotopic (exact) mass is 241 g/mol. The van der Waals surface area contributed by atoms with Crippen molar-refractivity contribution in [3.63, 3.8) is 0 Å². The first-order valence-electron chi connectivity index (χ1n) is 5.41. The number of carbonyl (C=O) groups is 1. The SMILES string of the molecule is C=CC(=O)OCC(C)OCCC(C)(C)N=C=O. The smallest absolute Gasteiger partial charge is 0.330 e. The third-order valence-corrected chi connectivity index (χ3v) is 2.09. The van der Waals surface area contributed by atoms with E-state index in [1.807, 2.05) is 13.8 Å². The fourth-order valence-corrected chi connectivity index (χ4v) is 0.996. The molecule has 0 aromatic carbocycles. The summed E-state index contributed by atoms with van der Waals surface area (Å²) in [5.41, 5.74) is -0.473. The Morgan fingerprint density at radius 2 is 2.24 bits per heavy atom. The largest absolute Gasteiger partial charge is 0.460 e. The Hall–Kier alpha value is -1.45. The van der Waals surface area contributed by atoms with Crippen LogP contribution in [-0.4, -0.2) is 36.9 Å². The highest BCUT2D eigenvalue weighted by molar-refractivity contribution is 5.81. The molecule has 5 heteroatoms. The molecule has 0 aliphatic carbocycles. The summed E-state index contributed by atoms with van der Waals surface area (Å²) >= 11 is 0. The van der Waals surface area contributed by atoms with Crippen LogP contribution in [-0.2, 0) is 19.1 Å². The summed E-state index contributed by atoms with van der Waals surface area (Å²) < 4.78 is 10.2. The van der Waals surface area contributed by atoms with Gasteiger partial charge in [0, 0.05) is 12.7 Å². The van der Waals surface area contributed by atoms with E-state index >= 15 is 0 Å². The predicted molar refractivity (Wildman–Crippen MR) is 63.4 cm³/mol. The highest BCUT2D eigenvalue weighted by atomic mass is 16.6. The van der Waals surface area contributed by atoms with E-state index in [1.54, 1.807) is 6.92 Å². The molecule has 96 valence electrons. The average molecular weight is 241 g/mol. The van der Waals surface area contributed by atoms with Gasteiger partial charge >= 0.3 is 5.97 Å². The molecule has 0 radical (unpaired) electrons. The Bertz CT molecular complexity index is 306. The molecule has 0 aliphatic rings. The van der Waals surface area contributed by atoms with Crippen LogP contribution in [0.1, 0.15) is 27.2 Å².